The van der Waals surface area contributed by atoms with E-state index in [2.05, 4.69) is 15.2 Å². The minimum absolute atomic E-state index is 0.181. The highest BCUT2D eigenvalue weighted by Gasteiger charge is 2.32. The first-order chi connectivity index (χ1) is 13.6. The SMILES string of the molecule is COc1ccc(Cl)cc1-c1nc(SCC(=O)N2CC[C@H]3CCCC[C@H]3C2)n[nH]1. The lowest BCUT2D eigenvalue weighted by molar-refractivity contribution is -0.131. The van der Waals surface area contributed by atoms with Crippen LogP contribution in [0.25, 0.3) is 11.4 Å². The number of hydrogen-bond donors (Lipinski definition) is 1. The third-order valence-corrected chi connectivity index (χ3v) is 6.92. The number of halogens is 1. The molecular formula is C20H25ClN4O2S. The largest absolute Gasteiger partial charge is 0.496 e. The van der Waals surface area contributed by atoms with Crippen LogP contribution in [-0.2, 0) is 4.79 Å². The van der Waals surface area contributed by atoms with Crippen LogP contribution in [-0.4, -0.2) is 51.9 Å². The molecule has 1 saturated heterocycles. The number of piperidine rings is 1. The van der Waals surface area contributed by atoms with Gasteiger partial charge in [-0.25, -0.2) is 4.98 Å². The van der Waals surface area contributed by atoms with Gasteiger partial charge in [-0.15, -0.1) is 5.10 Å². The predicted octanol–water partition coefficient (Wildman–Crippen LogP) is 4.26. The summed E-state index contributed by atoms with van der Waals surface area (Å²) in [6.45, 7) is 1.81. The van der Waals surface area contributed by atoms with Gasteiger partial charge >= 0.3 is 0 Å². The van der Waals surface area contributed by atoms with Crippen LogP contribution >= 0.6 is 23.4 Å². The molecule has 0 radical (unpaired) electrons. The van der Waals surface area contributed by atoms with E-state index in [1.54, 1.807) is 25.3 Å². The van der Waals surface area contributed by atoms with E-state index in [9.17, 15) is 4.79 Å². The summed E-state index contributed by atoms with van der Waals surface area (Å²) in [7, 11) is 1.60. The summed E-state index contributed by atoms with van der Waals surface area (Å²) < 4.78 is 5.37. The van der Waals surface area contributed by atoms with Crippen molar-refractivity contribution in [3.8, 4) is 17.1 Å². The van der Waals surface area contributed by atoms with Crippen molar-refractivity contribution in [2.75, 3.05) is 26.0 Å². The number of thioether (sulfide) groups is 1. The summed E-state index contributed by atoms with van der Waals surface area (Å²) in [5, 5.41) is 8.31. The van der Waals surface area contributed by atoms with E-state index in [1.165, 1.54) is 37.4 Å². The van der Waals surface area contributed by atoms with Gasteiger partial charge in [-0.1, -0.05) is 42.6 Å². The Morgan fingerprint density at radius 3 is 2.96 bits per heavy atom. The monoisotopic (exact) mass is 420 g/mol. The highest BCUT2D eigenvalue weighted by atomic mass is 35.5. The van der Waals surface area contributed by atoms with E-state index in [4.69, 9.17) is 16.3 Å². The topological polar surface area (TPSA) is 71.1 Å². The Bertz CT molecular complexity index is 843. The number of fused-ring (bicyclic) bond motifs is 1. The van der Waals surface area contributed by atoms with Crippen LogP contribution < -0.4 is 4.74 Å². The second-order valence-corrected chi connectivity index (χ2v) is 8.91. The van der Waals surface area contributed by atoms with Gasteiger partial charge in [-0.2, -0.15) is 0 Å². The Hall–Kier alpha value is -1.73. The highest BCUT2D eigenvalue weighted by molar-refractivity contribution is 7.99. The zero-order chi connectivity index (χ0) is 19.5. The molecule has 1 aromatic carbocycles. The summed E-state index contributed by atoms with van der Waals surface area (Å²) >= 11 is 7.46. The molecular weight excluding hydrogens is 396 g/mol. The third kappa shape index (κ3) is 4.30. The molecule has 1 N–H and O–H groups in total. The van der Waals surface area contributed by atoms with Crippen molar-refractivity contribution in [1.29, 1.82) is 0 Å². The van der Waals surface area contributed by atoms with E-state index < -0.39 is 0 Å². The average molecular weight is 421 g/mol. The number of carbonyl (C=O) groups excluding carboxylic acids is 1. The number of methoxy groups -OCH3 is 1. The summed E-state index contributed by atoms with van der Waals surface area (Å²) in [5.41, 5.74) is 0.750. The molecule has 2 atom stereocenters. The number of nitrogens with zero attached hydrogens (tertiary/aromatic N) is 3. The lowest BCUT2D eigenvalue weighted by Gasteiger charge is -2.41. The maximum Gasteiger partial charge on any atom is 0.233 e. The molecule has 0 bridgehead atoms. The minimum Gasteiger partial charge on any atom is -0.496 e. The van der Waals surface area contributed by atoms with Crippen LogP contribution in [0.4, 0.5) is 0 Å². The van der Waals surface area contributed by atoms with Gasteiger partial charge in [0.15, 0.2) is 5.82 Å². The number of carbonyl (C=O) groups is 1. The van der Waals surface area contributed by atoms with Crippen LogP contribution in [0.3, 0.4) is 0 Å². The van der Waals surface area contributed by atoms with Gasteiger partial charge in [0.1, 0.15) is 5.75 Å². The van der Waals surface area contributed by atoms with E-state index in [0.717, 1.165) is 31.0 Å². The molecule has 1 aromatic heterocycles. The molecule has 1 saturated carbocycles. The van der Waals surface area contributed by atoms with Crippen molar-refractivity contribution in [2.45, 2.75) is 37.3 Å². The van der Waals surface area contributed by atoms with Crippen LogP contribution in [0.2, 0.25) is 5.02 Å². The molecule has 4 rings (SSSR count). The van der Waals surface area contributed by atoms with E-state index in [1.807, 2.05) is 4.90 Å². The van der Waals surface area contributed by atoms with E-state index >= 15 is 0 Å². The lowest BCUT2D eigenvalue weighted by atomic mass is 9.75. The van der Waals surface area contributed by atoms with E-state index in [0.29, 0.717) is 33.4 Å². The number of hydrogen-bond acceptors (Lipinski definition) is 5. The molecule has 150 valence electrons. The van der Waals surface area contributed by atoms with Gasteiger partial charge in [-0.05, 0) is 42.9 Å². The van der Waals surface area contributed by atoms with Crippen LogP contribution in [0.15, 0.2) is 23.4 Å². The van der Waals surface area contributed by atoms with Gasteiger partial charge < -0.3 is 9.64 Å². The Kier molecular flexibility index (Phi) is 6.11. The number of aromatic nitrogens is 3. The fourth-order valence-corrected chi connectivity index (χ4v) is 5.21. The molecule has 2 aromatic rings. The number of H-pyrrole nitrogens is 1. The van der Waals surface area contributed by atoms with Gasteiger partial charge in [0, 0.05) is 18.1 Å². The molecule has 8 heteroatoms. The molecule has 1 aliphatic carbocycles. The fourth-order valence-electron chi connectivity index (χ4n) is 4.34. The highest BCUT2D eigenvalue weighted by Crippen LogP contribution is 2.36. The van der Waals surface area contributed by atoms with Crippen LogP contribution in [0.5, 0.6) is 5.75 Å². The molecule has 1 amide bonds. The first-order valence-electron chi connectivity index (χ1n) is 9.81. The first kappa shape index (κ1) is 19.6. The summed E-state index contributed by atoms with van der Waals surface area (Å²) in [5.74, 6) is 3.32. The van der Waals surface area contributed by atoms with Gasteiger partial charge in [0.05, 0.1) is 18.4 Å². The van der Waals surface area contributed by atoms with Gasteiger partial charge in [0.2, 0.25) is 11.1 Å². The zero-order valence-corrected chi connectivity index (χ0v) is 17.6. The normalized spacial score (nSPS) is 22.0. The van der Waals surface area contributed by atoms with Crippen LogP contribution in [0, 0.1) is 11.8 Å². The maximum absolute atomic E-state index is 12.7. The number of ether oxygens (including phenoxy) is 1. The minimum atomic E-state index is 0.181. The quantitative estimate of drug-likeness (QED) is 0.731. The second kappa shape index (κ2) is 8.74. The fraction of sp³-hybridized carbons (Fsp3) is 0.550. The first-order valence-corrected chi connectivity index (χ1v) is 11.2. The van der Waals surface area contributed by atoms with Gasteiger partial charge in [0.25, 0.3) is 0 Å². The smallest absolute Gasteiger partial charge is 0.233 e. The summed E-state index contributed by atoms with van der Waals surface area (Å²) in [6.07, 6.45) is 6.43. The van der Waals surface area contributed by atoms with Crippen molar-refractivity contribution in [1.82, 2.24) is 20.1 Å². The Labute approximate surface area is 174 Å². The molecule has 2 aliphatic rings. The number of aromatic amines is 1. The lowest BCUT2D eigenvalue weighted by Crippen LogP contribution is -2.45. The molecule has 0 spiro atoms. The standard InChI is InChI=1S/C20H25ClN4O2S/c1-27-17-7-6-15(21)10-16(17)19-22-20(24-23-19)28-12-18(26)25-9-8-13-4-2-3-5-14(13)11-25/h6-7,10,13-14H,2-5,8-9,11-12H2,1H3,(H,22,23,24)/t13-,14+/m1/s1. The van der Waals surface area contributed by atoms with Crippen molar-refractivity contribution in [3.05, 3.63) is 23.2 Å². The molecule has 2 heterocycles. The Morgan fingerprint density at radius 1 is 1.32 bits per heavy atom. The van der Waals surface area contributed by atoms with E-state index in [-0.39, 0.29) is 5.91 Å². The maximum atomic E-state index is 12.7. The number of benzene rings is 1. The Morgan fingerprint density at radius 2 is 2.14 bits per heavy atom. The van der Waals surface area contributed by atoms with Crippen molar-refractivity contribution < 1.29 is 9.53 Å². The average Bonchev–Trinajstić information content (AvgIpc) is 3.20. The molecule has 6 nitrogen and oxygen atoms in total. The summed E-state index contributed by atoms with van der Waals surface area (Å²) in [6, 6.07) is 5.35. The molecule has 1 aliphatic heterocycles. The zero-order valence-electron chi connectivity index (χ0n) is 16.0. The number of likely N-dealkylation sites (tertiary alicyclic amines) is 1. The Balaban J connectivity index is 1.36. The van der Waals surface area contributed by atoms with Gasteiger partial charge in [-0.3, -0.25) is 9.89 Å². The number of amides is 1. The third-order valence-electron chi connectivity index (χ3n) is 5.85. The molecule has 28 heavy (non-hydrogen) atoms. The van der Waals surface area contributed by atoms with Crippen molar-refractivity contribution >= 4 is 29.3 Å². The number of nitrogens with one attached hydrogen (secondary N) is 1. The van der Waals surface area contributed by atoms with Crippen LogP contribution in [0.1, 0.15) is 32.1 Å². The second-order valence-electron chi connectivity index (χ2n) is 7.53. The predicted molar refractivity (Wildman–Crippen MR) is 111 cm³/mol. The summed E-state index contributed by atoms with van der Waals surface area (Å²) in [4.78, 5) is 19.2. The van der Waals surface area contributed by atoms with Crippen molar-refractivity contribution in [3.63, 3.8) is 0 Å². The molecule has 2 fully saturated rings. The molecule has 0 unspecified atom stereocenters. The van der Waals surface area contributed by atoms with Crippen molar-refractivity contribution in [2.24, 2.45) is 11.8 Å². The number of rotatable bonds is 5.